The maximum atomic E-state index is 12.2. The molecule has 1 aromatic heterocycles. The Morgan fingerprint density at radius 1 is 1.45 bits per heavy atom. The number of halogens is 1. The number of hydrogen-bond acceptors (Lipinski definition) is 3. The first-order valence-electron chi connectivity index (χ1n) is 7.23. The van der Waals surface area contributed by atoms with E-state index in [1.807, 2.05) is 0 Å². The SMILES string of the molecule is CCCNc1ccc(Cl)c(C(=O)NCC2(C)CCC2)n1. The van der Waals surface area contributed by atoms with Crippen LogP contribution in [0.4, 0.5) is 5.82 Å². The van der Waals surface area contributed by atoms with E-state index in [0.717, 1.165) is 13.0 Å². The Kier molecular flexibility index (Phi) is 4.86. The van der Waals surface area contributed by atoms with E-state index in [9.17, 15) is 4.79 Å². The third-order valence-corrected chi connectivity index (χ3v) is 4.16. The number of anilines is 1. The molecule has 4 nitrogen and oxygen atoms in total. The molecular formula is C15H22ClN3O. The number of nitrogens with zero attached hydrogens (tertiary/aromatic N) is 1. The predicted molar refractivity (Wildman–Crippen MR) is 82.3 cm³/mol. The lowest BCUT2D eigenvalue weighted by Crippen LogP contribution is -2.40. The van der Waals surface area contributed by atoms with Crippen molar-refractivity contribution < 1.29 is 4.79 Å². The largest absolute Gasteiger partial charge is 0.370 e. The van der Waals surface area contributed by atoms with Crippen LogP contribution in [0, 0.1) is 5.41 Å². The first-order chi connectivity index (χ1) is 9.54. The highest BCUT2D eigenvalue weighted by atomic mass is 35.5. The number of rotatable bonds is 6. The van der Waals surface area contributed by atoms with Gasteiger partial charge in [-0.2, -0.15) is 0 Å². The van der Waals surface area contributed by atoms with Crippen LogP contribution in [0.2, 0.25) is 5.02 Å². The number of aromatic nitrogens is 1. The van der Waals surface area contributed by atoms with Gasteiger partial charge in [0.2, 0.25) is 0 Å². The molecule has 1 saturated carbocycles. The van der Waals surface area contributed by atoms with Crippen molar-refractivity contribution >= 4 is 23.3 Å². The molecule has 1 aliphatic carbocycles. The Hall–Kier alpha value is -1.29. The molecule has 1 aromatic rings. The molecule has 0 aromatic carbocycles. The third kappa shape index (κ3) is 3.63. The minimum Gasteiger partial charge on any atom is -0.370 e. The van der Waals surface area contributed by atoms with Crippen LogP contribution in [-0.2, 0) is 0 Å². The molecule has 0 unspecified atom stereocenters. The monoisotopic (exact) mass is 295 g/mol. The van der Waals surface area contributed by atoms with Crippen molar-refractivity contribution in [2.45, 2.75) is 39.5 Å². The average molecular weight is 296 g/mol. The van der Waals surface area contributed by atoms with Crippen molar-refractivity contribution in [3.63, 3.8) is 0 Å². The van der Waals surface area contributed by atoms with Gasteiger partial charge in [-0.05, 0) is 36.8 Å². The molecule has 1 aliphatic rings. The second-order valence-corrected chi connectivity index (χ2v) is 6.21. The smallest absolute Gasteiger partial charge is 0.271 e. The lowest BCUT2D eigenvalue weighted by molar-refractivity contribution is 0.0886. The Labute approximate surface area is 125 Å². The number of nitrogens with one attached hydrogen (secondary N) is 2. The molecule has 0 saturated heterocycles. The minimum atomic E-state index is -0.191. The van der Waals surface area contributed by atoms with E-state index >= 15 is 0 Å². The zero-order valence-electron chi connectivity index (χ0n) is 12.1. The molecule has 0 spiro atoms. The van der Waals surface area contributed by atoms with E-state index < -0.39 is 0 Å². The van der Waals surface area contributed by atoms with E-state index in [1.54, 1.807) is 12.1 Å². The molecule has 1 amide bonds. The summed E-state index contributed by atoms with van der Waals surface area (Å²) in [4.78, 5) is 16.5. The molecule has 0 atom stereocenters. The van der Waals surface area contributed by atoms with E-state index in [4.69, 9.17) is 11.6 Å². The number of carbonyl (C=O) groups is 1. The van der Waals surface area contributed by atoms with Gasteiger partial charge in [0.15, 0.2) is 0 Å². The fourth-order valence-electron chi connectivity index (χ4n) is 2.29. The average Bonchev–Trinajstić information content (AvgIpc) is 2.41. The predicted octanol–water partition coefficient (Wildman–Crippen LogP) is 3.48. The molecular weight excluding hydrogens is 274 g/mol. The van der Waals surface area contributed by atoms with Crippen LogP contribution in [0.1, 0.15) is 50.0 Å². The summed E-state index contributed by atoms with van der Waals surface area (Å²) in [5, 5.41) is 6.51. The summed E-state index contributed by atoms with van der Waals surface area (Å²) < 4.78 is 0. The van der Waals surface area contributed by atoms with E-state index in [1.165, 1.54) is 19.3 Å². The molecule has 0 radical (unpaired) electrons. The van der Waals surface area contributed by atoms with E-state index in [0.29, 0.717) is 23.1 Å². The fraction of sp³-hybridized carbons (Fsp3) is 0.600. The Morgan fingerprint density at radius 2 is 2.20 bits per heavy atom. The van der Waals surface area contributed by atoms with Crippen LogP contribution in [0.15, 0.2) is 12.1 Å². The summed E-state index contributed by atoms with van der Waals surface area (Å²) in [5.41, 5.74) is 0.552. The van der Waals surface area contributed by atoms with Crippen molar-refractivity contribution in [3.8, 4) is 0 Å². The molecule has 0 aliphatic heterocycles. The summed E-state index contributed by atoms with van der Waals surface area (Å²) >= 11 is 6.07. The summed E-state index contributed by atoms with van der Waals surface area (Å²) in [6.45, 7) is 5.80. The van der Waals surface area contributed by atoms with Crippen molar-refractivity contribution in [2.24, 2.45) is 5.41 Å². The van der Waals surface area contributed by atoms with Crippen LogP contribution in [-0.4, -0.2) is 24.0 Å². The second-order valence-electron chi connectivity index (χ2n) is 5.80. The van der Waals surface area contributed by atoms with Crippen LogP contribution < -0.4 is 10.6 Å². The van der Waals surface area contributed by atoms with Crippen LogP contribution in [0.3, 0.4) is 0 Å². The standard InChI is InChI=1S/C15H22ClN3O/c1-3-9-17-12-6-5-11(16)13(19-12)14(20)18-10-15(2)7-4-8-15/h5-6H,3-4,7-10H2,1-2H3,(H,17,19)(H,18,20). The molecule has 1 fully saturated rings. The Morgan fingerprint density at radius 3 is 2.80 bits per heavy atom. The van der Waals surface area contributed by atoms with Gasteiger partial charge in [0.1, 0.15) is 11.5 Å². The van der Waals surface area contributed by atoms with Crippen molar-refractivity contribution in [2.75, 3.05) is 18.4 Å². The molecule has 5 heteroatoms. The number of carbonyl (C=O) groups excluding carboxylic acids is 1. The minimum absolute atomic E-state index is 0.191. The highest BCUT2D eigenvalue weighted by Crippen LogP contribution is 2.39. The Bertz CT molecular complexity index is 486. The molecule has 1 heterocycles. The number of amides is 1. The van der Waals surface area contributed by atoms with Gasteiger partial charge in [-0.3, -0.25) is 4.79 Å². The van der Waals surface area contributed by atoms with Crippen LogP contribution in [0.5, 0.6) is 0 Å². The first kappa shape index (κ1) is 15.1. The van der Waals surface area contributed by atoms with Crippen molar-refractivity contribution in [1.82, 2.24) is 10.3 Å². The van der Waals surface area contributed by atoms with Crippen LogP contribution >= 0.6 is 11.6 Å². The summed E-state index contributed by atoms with van der Waals surface area (Å²) in [6.07, 6.45) is 4.60. The molecule has 2 N–H and O–H groups in total. The van der Waals surface area contributed by atoms with Gasteiger partial charge in [-0.25, -0.2) is 4.98 Å². The zero-order valence-corrected chi connectivity index (χ0v) is 12.9. The van der Waals surface area contributed by atoms with Gasteiger partial charge in [-0.15, -0.1) is 0 Å². The lowest BCUT2D eigenvalue weighted by Gasteiger charge is -2.38. The number of hydrogen-bond donors (Lipinski definition) is 2. The maximum Gasteiger partial charge on any atom is 0.271 e. The number of pyridine rings is 1. The normalized spacial score (nSPS) is 16.4. The fourth-order valence-corrected chi connectivity index (χ4v) is 2.48. The molecule has 2 rings (SSSR count). The summed E-state index contributed by atoms with van der Waals surface area (Å²) in [5.74, 6) is 0.500. The highest BCUT2D eigenvalue weighted by molar-refractivity contribution is 6.33. The van der Waals surface area contributed by atoms with Crippen molar-refractivity contribution in [1.29, 1.82) is 0 Å². The Balaban J connectivity index is 2.00. The third-order valence-electron chi connectivity index (χ3n) is 3.85. The van der Waals surface area contributed by atoms with Gasteiger partial charge < -0.3 is 10.6 Å². The van der Waals surface area contributed by atoms with Crippen LogP contribution in [0.25, 0.3) is 0 Å². The zero-order chi connectivity index (χ0) is 14.6. The van der Waals surface area contributed by atoms with E-state index in [-0.39, 0.29) is 11.3 Å². The van der Waals surface area contributed by atoms with Crippen molar-refractivity contribution in [3.05, 3.63) is 22.8 Å². The van der Waals surface area contributed by atoms with Gasteiger partial charge in [0, 0.05) is 13.1 Å². The topological polar surface area (TPSA) is 54.0 Å². The molecule has 0 bridgehead atoms. The highest BCUT2D eigenvalue weighted by Gasteiger charge is 2.32. The molecule has 20 heavy (non-hydrogen) atoms. The maximum absolute atomic E-state index is 12.2. The van der Waals surface area contributed by atoms with Gasteiger partial charge in [0.25, 0.3) is 5.91 Å². The van der Waals surface area contributed by atoms with Gasteiger partial charge in [-0.1, -0.05) is 31.9 Å². The quantitative estimate of drug-likeness (QED) is 0.845. The lowest BCUT2D eigenvalue weighted by atomic mass is 9.70. The molecule has 110 valence electrons. The second kappa shape index (κ2) is 6.44. The van der Waals surface area contributed by atoms with E-state index in [2.05, 4.69) is 29.5 Å². The van der Waals surface area contributed by atoms with Gasteiger partial charge >= 0.3 is 0 Å². The van der Waals surface area contributed by atoms with Gasteiger partial charge in [0.05, 0.1) is 5.02 Å². The summed E-state index contributed by atoms with van der Waals surface area (Å²) in [6, 6.07) is 3.51. The first-order valence-corrected chi connectivity index (χ1v) is 7.60. The summed E-state index contributed by atoms with van der Waals surface area (Å²) in [7, 11) is 0.